The first-order chi connectivity index (χ1) is 11.1. The highest BCUT2D eigenvalue weighted by Gasteiger charge is 2.14. The molecular weight excluding hydrogens is 306 g/mol. The standard InChI is InChI=1S/C18H21N3OS/c1-4-13(5-2)17(22)19-15-8-6-14(7-9-15)16-10-21-12(3)11-23-18(21)20-16/h6-11,13H,4-5H2,1-3H3,(H,19,22). The van der Waals surface area contributed by atoms with Gasteiger partial charge in [0, 0.05) is 34.4 Å². The molecule has 0 aliphatic rings. The van der Waals surface area contributed by atoms with Crippen molar-refractivity contribution in [2.75, 3.05) is 5.32 Å². The van der Waals surface area contributed by atoms with E-state index < -0.39 is 0 Å². The number of nitrogens with one attached hydrogen (secondary N) is 1. The van der Waals surface area contributed by atoms with E-state index in [1.807, 2.05) is 38.1 Å². The summed E-state index contributed by atoms with van der Waals surface area (Å²) in [5.74, 6) is 0.179. The maximum Gasteiger partial charge on any atom is 0.227 e. The Morgan fingerprint density at radius 2 is 1.96 bits per heavy atom. The van der Waals surface area contributed by atoms with Gasteiger partial charge in [-0.2, -0.15) is 0 Å². The number of anilines is 1. The van der Waals surface area contributed by atoms with Crippen LogP contribution in [0.1, 0.15) is 32.4 Å². The summed E-state index contributed by atoms with van der Waals surface area (Å²) in [5, 5.41) is 5.09. The molecule has 0 radical (unpaired) electrons. The zero-order valence-electron chi connectivity index (χ0n) is 13.7. The Balaban J connectivity index is 1.77. The summed E-state index contributed by atoms with van der Waals surface area (Å²) >= 11 is 1.64. The van der Waals surface area contributed by atoms with Crippen molar-refractivity contribution in [3.63, 3.8) is 0 Å². The van der Waals surface area contributed by atoms with Gasteiger partial charge in [-0.25, -0.2) is 4.98 Å². The van der Waals surface area contributed by atoms with Crippen molar-refractivity contribution in [1.82, 2.24) is 9.38 Å². The number of imidazole rings is 1. The summed E-state index contributed by atoms with van der Waals surface area (Å²) in [4.78, 5) is 17.8. The number of hydrogen-bond donors (Lipinski definition) is 1. The second-order valence-corrected chi connectivity index (χ2v) is 6.57. The maximum atomic E-state index is 12.1. The second-order valence-electron chi connectivity index (χ2n) is 5.74. The lowest BCUT2D eigenvalue weighted by Crippen LogP contribution is -2.21. The van der Waals surface area contributed by atoms with E-state index in [9.17, 15) is 4.79 Å². The average Bonchev–Trinajstić information content (AvgIpc) is 3.12. The Bertz CT molecular complexity index is 813. The fraction of sp³-hybridized carbons (Fsp3) is 0.333. The number of fused-ring (bicyclic) bond motifs is 1. The predicted octanol–water partition coefficient (Wildman–Crippen LogP) is 4.75. The summed E-state index contributed by atoms with van der Waals surface area (Å²) in [5.41, 5.74) is 4.04. The molecule has 0 saturated heterocycles. The summed E-state index contributed by atoms with van der Waals surface area (Å²) in [6.45, 7) is 6.16. The number of thiazole rings is 1. The van der Waals surface area contributed by atoms with Crippen LogP contribution in [0.3, 0.4) is 0 Å². The molecule has 1 amide bonds. The lowest BCUT2D eigenvalue weighted by atomic mass is 10.0. The summed E-state index contributed by atoms with van der Waals surface area (Å²) in [6, 6.07) is 7.89. The van der Waals surface area contributed by atoms with Crippen molar-refractivity contribution in [3.05, 3.63) is 41.5 Å². The van der Waals surface area contributed by atoms with Crippen molar-refractivity contribution < 1.29 is 4.79 Å². The van der Waals surface area contributed by atoms with Crippen molar-refractivity contribution >= 4 is 27.9 Å². The van der Waals surface area contributed by atoms with Crippen molar-refractivity contribution in [1.29, 1.82) is 0 Å². The largest absolute Gasteiger partial charge is 0.326 e. The molecule has 0 fully saturated rings. The van der Waals surface area contributed by atoms with Crippen LogP contribution in [-0.2, 0) is 4.79 Å². The topological polar surface area (TPSA) is 46.4 Å². The Hall–Kier alpha value is -2.14. The molecule has 3 aromatic rings. The van der Waals surface area contributed by atoms with E-state index in [4.69, 9.17) is 0 Å². The zero-order valence-corrected chi connectivity index (χ0v) is 14.5. The minimum absolute atomic E-state index is 0.0811. The van der Waals surface area contributed by atoms with Crippen LogP contribution >= 0.6 is 11.3 Å². The molecule has 0 aliphatic carbocycles. The second kappa shape index (κ2) is 6.54. The van der Waals surface area contributed by atoms with Gasteiger partial charge in [-0.1, -0.05) is 26.0 Å². The molecule has 2 heterocycles. The Kier molecular flexibility index (Phi) is 4.48. The van der Waals surface area contributed by atoms with Gasteiger partial charge < -0.3 is 5.32 Å². The van der Waals surface area contributed by atoms with E-state index in [-0.39, 0.29) is 11.8 Å². The molecule has 0 saturated carbocycles. The molecule has 1 N–H and O–H groups in total. The number of rotatable bonds is 5. The normalized spacial score (nSPS) is 11.3. The molecule has 0 unspecified atom stereocenters. The summed E-state index contributed by atoms with van der Waals surface area (Å²) in [7, 11) is 0. The fourth-order valence-corrected chi connectivity index (χ4v) is 3.51. The molecule has 23 heavy (non-hydrogen) atoms. The number of benzene rings is 1. The van der Waals surface area contributed by atoms with Gasteiger partial charge in [-0.05, 0) is 31.9 Å². The van der Waals surface area contributed by atoms with Gasteiger partial charge in [-0.3, -0.25) is 9.20 Å². The van der Waals surface area contributed by atoms with Crippen LogP contribution in [-0.4, -0.2) is 15.3 Å². The minimum Gasteiger partial charge on any atom is -0.326 e. The summed E-state index contributed by atoms with van der Waals surface area (Å²) in [6.07, 6.45) is 3.79. The van der Waals surface area contributed by atoms with Crippen LogP contribution in [0.4, 0.5) is 5.69 Å². The average molecular weight is 327 g/mol. The third-order valence-electron chi connectivity index (χ3n) is 4.19. The van der Waals surface area contributed by atoms with Crippen molar-refractivity contribution in [3.8, 4) is 11.3 Å². The first-order valence-corrected chi connectivity index (χ1v) is 8.84. The van der Waals surface area contributed by atoms with Crippen molar-refractivity contribution in [2.45, 2.75) is 33.6 Å². The Morgan fingerprint density at radius 3 is 2.57 bits per heavy atom. The lowest BCUT2D eigenvalue weighted by Gasteiger charge is -2.12. The van der Waals surface area contributed by atoms with Crippen LogP contribution in [0.5, 0.6) is 0 Å². The molecule has 0 bridgehead atoms. The molecule has 5 heteroatoms. The number of aryl methyl sites for hydroxylation is 1. The molecule has 0 aliphatic heterocycles. The molecule has 2 aromatic heterocycles. The Morgan fingerprint density at radius 1 is 1.26 bits per heavy atom. The van der Waals surface area contributed by atoms with Gasteiger partial charge in [0.05, 0.1) is 5.69 Å². The highest BCUT2D eigenvalue weighted by atomic mass is 32.1. The van der Waals surface area contributed by atoms with Crippen LogP contribution in [0.25, 0.3) is 16.2 Å². The molecule has 0 atom stereocenters. The van der Waals surface area contributed by atoms with Gasteiger partial charge in [0.1, 0.15) is 0 Å². The molecule has 1 aromatic carbocycles. The number of carbonyl (C=O) groups is 1. The van der Waals surface area contributed by atoms with Gasteiger partial charge in [0.15, 0.2) is 4.96 Å². The lowest BCUT2D eigenvalue weighted by molar-refractivity contribution is -0.120. The van der Waals surface area contributed by atoms with Crippen molar-refractivity contribution in [2.24, 2.45) is 5.92 Å². The van der Waals surface area contributed by atoms with E-state index in [1.54, 1.807) is 11.3 Å². The van der Waals surface area contributed by atoms with E-state index in [0.717, 1.165) is 34.7 Å². The van der Waals surface area contributed by atoms with Gasteiger partial charge >= 0.3 is 0 Å². The Labute approximate surface area is 140 Å². The predicted molar refractivity (Wildman–Crippen MR) is 95.9 cm³/mol. The molecule has 0 spiro atoms. The minimum atomic E-state index is 0.0811. The SMILES string of the molecule is CCC(CC)C(=O)Nc1ccc(-c2cn3c(C)csc3n2)cc1. The highest BCUT2D eigenvalue weighted by molar-refractivity contribution is 7.15. The zero-order chi connectivity index (χ0) is 16.4. The molecule has 120 valence electrons. The van der Waals surface area contributed by atoms with Crippen LogP contribution in [0, 0.1) is 12.8 Å². The molecule has 4 nitrogen and oxygen atoms in total. The number of hydrogen-bond acceptors (Lipinski definition) is 3. The molecular formula is C18H21N3OS. The fourth-order valence-electron chi connectivity index (χ4n) is 2.66. The first kappa shape index (κ1) is 15.7. The van der Waals surface area contributed by atoms with Gasteiger partial charge in [0.2, 0.25) is 5.91 Å². The van der Waals surface area contributed by atoms with E-state index in [0.29, 0.717) is 0 Å². The smallest absolute Gasteiger partial charge is 0.227 e. The van der Waals surface area contributed by atoms with E-state index >= 15 is 0 Å². The monoisotopic (exact) mass is 327 g/mol. The molecule has 3 rings (SSSR count). The third kappa shape index (κ3) is 3.15. The van der Waals surface area contributed by atoms with Crippen LogP contribution < -0.4 is 5.32 Å². The van der Waals surface area contributed by atoms with Gasteiger partial charge in [-0.15, -0.1) is 11.3 Å². The van der Waals surface area contributed by atoms with Crippen LogP contribution in [0.15, 0.2) is 35.8 Å². The quantitative estimate of drug-likeness (QED) is 0.735. The van der Waals surface area contributed by atoms with E-state index in [2.05, 4.69) is 33.2 Å². The summed E-state index contributed by atoms with van der Waals surface area (Å²) < 4.78 is 2.10. The third-order valence-corrected chi connectivity index (χ3v) is 5.15. The number of aromatic nitrogens is 2. The number of amides is 1. The highest BCUT2D eigenvalue weighted by Crippen LogP contribution is 2.24. The van der Waals surface area contributed by atoms with Gasteiger partial charge in [0.25, 0.3) is 0 Å². The number of carbonyl (C=O) groups excluding carboxylic acids is 1. The maximum absolute atomic E-state index is 12.1. The first-order valence-electron chi connectivity index (χ1n) is 7.96. The number of nitrogens with zero attached hydrogens (tertiary/aromatic N) is 2. The van der Waals surface area contributed by atoms with E-state index in [1.165, 1.54) is 5.69 Å². The van der Waals surface area contributed by atoms with Crippen LogP contribution in [0.2, 0.25) is 0 Å².